The third-order valence-electron chi connectivity index (χ3n) is 4.04. The first-order chi connectivity index (χ1) is 8.56. The van der Waals surface area contributed by atoms with Crippen molar-refractivity contribution in [3.63, 3.8) is 0 Å². The summed E-state index contributed by atoms with van der Waals surface area (Å²) in [6.07, 6.45) is 6.32. The Morgan fingerprint density at radius 3 is 2.28 bits per heavy atom. The Labute approximate surface area is 109 Å². The van der Waals surface area contributed by atoms with Crippen molar-refractivity contribution < 1.29 is 19.4 Å². The van der Waals surface area contributed by atoms with E-state index in [9.17, 15) is 14.7 Å². The summed E-state index contributed by atoms with van der Waals surface area (Å²) in [7, 11) is 0. The molecular weight excluding hydrogens is 232 g/mol. The van der Waals surface area contributed by atoms with Crippen LogP contribution in [0.1, 0.15) is 58.8 Å². The SMILES string of the molecule is CCOC(=O)C(CC)(CC1CCCCC1)C(=O)O. The maximum Gasteiger partial charge on any atom is 0.323 e. The van der Waals surface area contributed by atoms with Crippen LogP contribution in [0.15, 0.2) is 0 Å². The molecule has 104 valence electrons. The zero-order valence-electron chi connectivity index (χ0n) is 11.4. The van der Waals surface area contributed by atoms with Crippen LogP contribution >= 0.6 is 0 Å². The normalized spacial score (nSPS) is 20.1. The molecule has 1 aliphatic rings. The molecule has 0 aromatic heterocycles. The van der Waals surface area contributed by atoms with Crippen molar-refractivity contribution in [2.24, 2.45) is 11.3 Å². The molecule has 0 aromatic carbocycles. The first kappa shape index (κ1) is 15.0. The zero-order chi connectivity index (χ0) is 13.6. The van der Waals surface area contributed by atoms with Crippen LogP contribution in [0, 0.1) is 11.3 Å². The Hall–Kier alpha value is -1.06. The van der Waals surface area contributed by atoms with E-state index in [0.717, 1.165) is 25.7 Å². The molecule has 1 aliphatic carbocycles. The smallest absolute Gasteiger partial charge is 0.323 e. The number of hydrogen-bond donors (Lipinski definition) is 1. The number of carboxylic acids is 1. The summed E-state index contributed by atoms with van der Waals surface area (Å²) in [5, 5.41) is 9.45. The monoisotopic (exact) mass is 256 g/mol. The molecule has 0 spiro atoms. The number of carboxylic acid groups (broad SMARTS) is 1. The van der Waals surface area contributed by atoms with Gasteiger partial charge in [0.2, 0.25) is 0 Å². The molecule has 0 amide bonds. The molecule has 0 aliphatic heterocycles. The molecule has 0 aromatic rings. The molecule has 1 unspecified atom stereocenters. The molecule has 1 atom stereocenters. The van der Waals surface area contributed by atoms with Gasteiger partial charge in [0, 0.05) is 0 Å². The van der Waals surface area contributed by atoms with Gasteiger partial charge in [-0.25, -0.2) is 0 Å². The van der Waals surface area contributed by atoms with Crippen LogP contribution in [0.2, 0.25) is 0 Å². The summed E-state index contributed by atoms with van der Waals surface area (Å²) in [6.45, 7) is 3.70. The van der Waals surface area contributed by atoms with Crippen LogP contribution in [0.3, 0.4) is 0 Å². The van der Waals surface area contributed by atoms with Gasteiger partial charge in [0.25, 0.3) is 0 Å². The van der Waals surface area contributed by atoms with Crippen LogP contribution < -0.4 is 0 Å². The maximum atomic E-state index is 12.0. The van der Waals surface area contributed by atoms with Crippen molar-refractivity contribution in [3.8, 4) is 0 Å². The van der Waals surface area contributed by atoms with E-state index in [0.29, 0.717) is 18.8 Å². The van der Waals surface area contributed by atoms with Crippen molar-refractivity contribution in [3.05, 3.63) is 0 Å². The molecule has 4 nitrogen and oxygen atoms in total. The fourth-order valence-corrected chi connectivity index (χ4v) is 2.85. The van der Waals surface area contributed by atoms with Gasteiger partial charge >= 0.3 is 11.9 Å². The predicted molar refractivity (Wildman–Crippen MR) is 68.2 cm³/mol. The van der Waals surface area contributed by atoms with Gasteiger partial charge < -0.3 is 9.84 Å². The number of hydrogen-bond acceptors (Lipinski definition) is 3. The van der Waals surface area contributed by atoms with Crippen molar-refractivity contribution in [1.82, 2.24) is 0 Å². The molecule has 0 heterocycles. The molecule has 1 N–H and O–H groups in total. The minimum absolute atomic E-state index is 0.235. The number of carbonyl (C=O) groups excluding carboxylic acids is 1. The Morgan fingerprint density at radius 2 is 1.83 bits per heavy atom. The van der Waals surface area contributed by atoms with E-state index in [4.69, 9.17) is 4.74 Å². The van der Waals surface area contributed by atoms with E-state index in [1.807, 2.05) is 0 Å². The molecular formula is C14H24O4. The van der Waals surface area contributed by atoms with Gasteiger partial charge in [-0.05, 0) is 25.7 Å². The highest BCUT2D eigenvalue weighted by molar-refractivity contribution is 5.99. The second kappa shape index (κ2) is 6.76. The molecule has 18 heavy (non-hydrogen) atoms. The fourth-order valence-electron chi connectivity index (χ4n) is 2.85. The lowest BCUT2D eigenvalue weighted by molar-refractivity contribution is -0.170. The molecule has 0 bridgehead atoms. The summed E-state index contributed by atoms with van der Waals surface area (Å²) in [5.74, 6) is -1.25. The van der Waals surface area contributed by atoms with E-state index in [1.54, 1.807) is 13.8 Å². The van der Waals surface area contributed by atoms with Gasteiger partial charge in [-0.3, -0.25) is 9.59 Å². The standard InChI is InChI=1S/C14H24O4/c1-3-14(12(15)16,13(17)18-4-2)10-11-8-6-5-7-9-11/h11H,3-10H2,1-2H3,(H,15,16). The molecule has 1 fully saturated rings. The average molecular weight is 256 g/mol. The van der Waals surface area contributed by atoms with E-state index in [2.05, 4.69) is 0 Å². The largest absolute Gasteiger partial charge is 0.480 e. The third kappa shape index (κ3) is 3.24. The summed E-state index contributed by atoms with van der Waals surface area (Å²) in [4.78, 5) is 23.5. The minimum atomic E-state index is -1.34. The van der Waals surface area contributed by atoms with Crippen molar-refractivity contribution >= 4 is 11.9 Å². The van der Waals surface area contributed by atoms with E-state index in [-0.39, 0.29) is 6.61 Å². The van der Waals surface area contributed by atoms with Crippen molar-refractivity contribution in [2.75, 3.05) is 6.61 Å². The number of carbonyl (C=O) groups is 2. The molecule has 4 heteroatoms. The number of ether oxygens (including phenoxy) is 1. The van der Waals surface area contributed by atoms with E-state index >= 15 is 0 Å². The van der Waals surface area contributed by atoms with Crippen LogP contribution in [0.5, 0.6) is 0 Å². The lowest BCUT2D eigenvalue weighted by Gasteiger charge is -2.31. The van der Waals surface area contributed by atoms with Gasteiger partial charge in [0.05, 0.1) is 6.61 Å². The number of esters is 1. The van der Waals surface area contributed by atoms with Gasteiger partial charge in [-0.1, -0.05) is 39.0 Å². The van der Waals surface area contributed by atoms with Gasteiger partial charge in [0.15, 0.2) is 5.41 Å². The predicted octanol–water partition coefficient (Wildman–Crippen LogP) is 3.00. The highest BCUT2D eigenvalue weighted by Gasteiger charge is 2.47. The first-order valence-electron chi connectivity index (χ1n) is 6.97. The Balaban J connectivity index is 2.81. The van der Waals surface area contributed by atoms with Gasteiger partial charge in [-0.15, -0.1) is 0 Å². The van der Waals surface area contributed by atoms with Crippen molar-refractivity contribution in [1.29, 1.82) is 0 Å². The second-order valence-electron chi connectivity index (χ2n) is 5.17. The maximum absolute atomic E-state index is 12.0. The third-order valence-corrected chi connectivity index (χ3v) is 4.04. The highest BCUT2D eigenvalue weighted by atomic mass is 16.5. The lowest BCUT2D eigenvalue weighted by Crippen LogP contribution is -2.42. The zero-order valence-corrected chi connectivity index (χ0v) is 11.4. The first-order valence-corrected chi connectivity index (χ1v) is 6.97. The van der Waals surface area contributed by atoms with Crippen molar-refractivity contribution in [2.45, 2.75) is 58.8 Å². The molecule has 0 radical (unpaired) electrons. The fraction of sp³-hybridized carbons (Fsp3) is 0.857. The molecule has 0 saturated heterocycles. The number of aliphatic carboxylic acids is 1. The average Bonchev–Trinajstić information content (AvgIpc) is 2.37. The minimum Gasteiger partial charge on any atom is -0.480 e. The van der Waals surface area contributed by atoms with Gasteiger partial charge in [0.1, 0.15) is 0 Å². The summed E-state index contributed by atoms with van der Waals surface area (Å²) in [6, 6.07) is 0. The van der Waals surface area contributed by atoms with E-state index < -0.39 is 17.4 Å². The van der Waals surface area contributed by atoms with Crippen LogP contribution in [0.4, 0.5) is 0 Å². The van der Waals surface area contributed by atoms with Crippen LogP contribution in [0.25, 0.3) is 0 Å². The molecule has 1 rings (SSSR count). The summed E-state index contributed by atoms with van der Waals surface area (Å²) in [5.41, 5.74) is -1.34. The van der Waals surface area contributed by atoms with Crippen LogP contribution in [-0.2, 0) is 14.3 Å². The Morgan fingerprint density at radius 1 is 1.22 bits per heavy atom. The summed E-state index contributed by atoms with van der Waals surface area (Å²) >= 11 is 0. The Kier molecular flexibility index (Phi) is 5.63. The Bertz CT molecular complexity index is 294. The second-order valence-corrected chi connectivity index (χ2v) is 5.17. The quantitative estimate of drug-likeness (QED) is 0.586. The van der Waals surface area contributed by atoms with E-state index in [1.165, 1.54) is 6.42 Å². The lowest BCUT2D eigenvalue weighted by atomic mass is 9.73. The van der Waals surface area contributed by atoms with Crippen LogP contribution in [-0.4, -0.2) is 23.7 Å². The highest BCUT2D eigenvalue weighted by Crippen LogP contribution is 2.38. The topological polar surface area (TPSA) is 63.6 Å². The molecule has 1 saturated carbocycles. The summed E-state index contributed by atoms with van der Waals surface area (Å²) < 4.78 is 4.98. The van der Waals surface area contributed by atoms with Gasteiger partial charge in [-0.2, -0.15) is 0 Å². The number of rotatable bonds is 6.